The van der Waals surface area contributed by atoms with Crippen LogP contribution in [0.25, 0.3) is 11.3 Å². The predicted octanol–water partition coefficient (Wildman–Crippen LogP) is 3.29. The molecule has 1 aromatic heterocycles. The zero-order valence-corrected chi connectivity index (χ0v) is 14.5. The van der Waals surface area contributed by atoms with E-state index in [9.17, 15) is 9.90 Å². The number of aromatic carboxylic acids is 1. The number of anilines is 1. The molecule has 0 spiro atoms. The number of carboxylic acid groups (broad SMARTS) is 1. The first-order chi connectivity index (χ1) is 11.1. The van der Waals surface area contributed by atoms with E-state index in [1.165, 1.54) is 0 Å². The van der Waals surface area contributed by atoms with E-state index in [1.807, 2.05) is 4.90 Å². The topological polar surface area (TPSA) is 92.6 Å². The van der Waals surface area contributed by atoms with Crippen LogP contribution in [-0.2, 0) is 0 Å². The van der Waals surface area contributed by atoms with E-state index in [4.69, 9.17) is 21.9 Å². The molecule has 1 unspecified atom stereocenters. The van der Waals surface area contributed by atoms with Crippen LogP contribution in [0, 0.1) is 5.92 Å². The second kappa shape index (κ2) is 7.88. The van der Waals surface area contributed by atoms with Gasteiger partial charge in [0.1, 0.15) is 0 Å². The second-order valence-corrected chi connectivity index (χ2v) is 6.15. The van der Waals surface area contributed by atoms with Gasteiger partial charge in [0.25, 0.3) is 0 Å². The Morgan fingerprint density at radius 3 is 2.75 bits per heavy atom. The SMILES string of the molecule is Cl.NCC1CCCN(c2noc(-c3ccc(Cl)cc3)c2C(=O)O)C1. The molecule has 2 heterocycles. The fourth-order valence-corrected chi connectivity index (χ4v) is 3.06. The van der Waals surface area contributed by atoms with Crippen molar-refractivity contribution in [2.24, 2.45) is 11.7 Å². The van der Waals surface area contributed by atoms with Crippen LogP contribution in [0.4, 0.5) is 5.82 Å². The Morgan fingerprint density at radius 1 is 1.42 bits per heavy atom. The smallest absolute Gasteiger partial charge is 0.343 e. The monoisotopic (exact) mass is 371 g/mol. The van der Waals surface area contributed by atoms with Gasteiger partial charge in [0.15, 0.2) is 17.1 Å². The van der Waals surface area contributed by atoms with Crippen molar-refractivity contribution >= 4 is 35.8 Å². The Labute approximate surface area is 151 Å². The maximum Gasteiger partial charge on any atom is 0.343 e. The Bertz CT molecular complexity index is 703. The number of piperidine rings is 1. The van der Waals surface area contributed by atoms with E-state index in [0.29, 0.717) is 35.4 Å². The van der Waals surface area contributed by atoms with Crippen molar-refractivity contribution in [3.8, 4) is 11.3 Å². The van der Waals surface area contributed by atoms with Crippen molar-refractivity contribution < 1.29 is 14.4 Å². The van der Waals surface area contributed by atoms with Crippen LogP contribution >= 0.6 is 24.0 Å². The maximum atomic E-state index is 11.8. The van der Waals surface area contributed by atoms with Gasteiger partial charge < -0.3 is 20.3 Å². The summed E-state index contributed by atoms with van der Waals surface area (Å²) in [6.45, 7) is 2.04. The Hall–Kier alpha value is -1.76. The molecule has 1 saturated heterocycles. The third-order valence-electron chi connectivity index (χ3n) is 4.15. The minimum absolute atomic E-state index is 0. The lowest BCUT2D eigenvalue weighted by Gasteiger charge is -2.32. The summed E-state index contributed by atoms with van der Waals surface area (Å²) in [7, 11) is 0. The number of benzene rings is 1. The Kier molecular flexibility index (Phi) is 6.10. The molecule has 1 aromatic carbocycles. The van der Waals surface area contributed by atoms with E-state index in [2.05, 4.69) is 5.16 Å². The quantitative estimate of drug-likeness (QED) is 0.856. The van der Waals surface area contributed by atoms with Crippen LogP contribution < -0.4 is 10.6 Å². The molecule has 1 atom stereocenters. The first-order valence-corrected chi connectivity index (χ1v) is 7.92. The van der Waals surface area contributed by atoms with Gasteiger partial charge in [-0.25, -0.2) is 4.79 Å². The third-order valence-corrected chi connectivity index (χ3v) is 4.40. The first kappa shape index (κ1) is 18.6. The number of aromatic nitrogens is 1. The summed E-state index contributed by atoms with van der Waals surface area (Å²) >= 11 is 5.88. The molecule has 3 N–H and O–H groups in total. The number of nitrogens with two attached hydrogens (primary N) is 1. The van der Waals surface area contributed by atoms with Crippen LogP contribution in [0.5, 0.6) is 0 Å². The highest BCUT2D eigenvalue weighted by Crippen LogP contribution is 2.33. The average Bonchev–Trinajstić information content (AvgIpc) is 3.01. The normalized spacial score (nSPS) is 17.4. The summed E-state index contributed by atoms with van der Waals surface area (Å²) in [5, 5.41) is 14.2. The van der Waals surface area contributed by atoms with Crippen molar-refractivity contribution in [2.45, 2.75) is 12.8 Å². The maximum absolute atomic E-state index is 11.8. The second-order valence-electron chi connectivity index (χ2n) is 5.71. The highest BCUT2D eigenvalue weighted by atomic mass is 35.5. The molecule has 3 rings (SSSR count). The molecule has 24 heavy (non-hydrogen) atoms. The summed E-state index contributed by atoms with van der Waals surface area (Å²) < 4.78 is 5.36. The summed E-state index contributed by atoms with van der Waals surface area (Å²) in [6, 6.07) is 6.82. The number of hydrogen-bond donors (Lipinski definition) is 2. The average molecular weight is 372 g/mol. The number of rotatable bonds is 4. The largest absolute Gasteiger partial charge is 0.477 e. The van der Waals surface area contributed by atoms with Crippen LogP contribution in [0.3, 0.4) is 0 Å². The summed E-state index contributed by atoms with van der Waals surface area (Å²) in [5.41, 5.74) is 6.48. The van der Waals surface area contributed by atoms with E-state index < -0.39 is 5.97 Å². The highest BCUT2D eigenvalue weighted by Gasteiger charge is 2.30. The molecular formula is C16H19Cl2N3O3. The van der Waals surface area contributed by atoms with E-state index in [0.717, 1.165) is 19.4 Å². The van der Waals surface area contributed by atoms with Crippen molar-refractivity contribution in [1.29, 1.82) is 0 Å². The minimum Gasteiger partial charge on any atom is -0.477 e. The fourth-order valence-electron chi connectivity index (χ4n) is 2.94. The van der Waals surface area contributed by atoms with Gasteiger partial charge in [0, 0.05) is 23.7 Å². The van der Waals surface area contributed by atoms with Crippen molar-refractivity contribution in [3.05, 3.63) is 34.9 Å². The Morgan fingerprint density at radius 2 is 2.12 bits per heavy atom. The van der Waals surface area contributed by atoms with Crippen LogP contribution in [-0.4, -0.2) is 35.9 Å². The molecule has 130 valence electrons. The van der Waals surface area contributed by atoms with E-state index in [-0.39, 0.29) is 23.7 Å². The molecular weight excluding hydrogens is 353 g/mol. The lowest BCUT2D eigenvalue weighted by atomic mass is 9.98. The van der Waals surface area contributed by atoms with E-state index in [1.54, 1.807) is 24.3 Å². The van der Waals surface area contributed by atoms with Crippen molar-refractivity contribution in [1.82, 2.24) is 5.16 Å². The molecule has 0 saturated carbocycles. The zero-order valence-electron chi connectivity index (χ0n) is 12.9. The molecule has 1 aliphatic rings. The van der Waals surface area contributed by atoms with Gasteiger partial charge >= 0.3 is 5.97 Å². The minimum atomic E-state index is -1.05. The molecule has 1 aliphatic heterocycles. The number of carbonyl (C=O) groups is 1. The molecule has 0 aliphatic carbocycles. The molecule has 0 bridgehead atoms. The van der Waals surface area contributed by atoms with Crippen molar-refractivity contribution in [2.75, 3.05) is 24.5 Å². The van der Waals surface area contributed by atoms with Crippen molar-refractivity contribution in [3.63, 3.8) is 0 Å². The molecule has 0 amide bonds. The number of halogens is 2. The lowest BCUT2D eigenvalue weighted by molar-refractivity contribution is 0.0697. The Balaban J connectivity index is 0.00000208. The first-order valence-electron chi connectivity index (χ1n) is 7.54. The van der Waals surface area contributed by atoms with Gasteiger partial charge in [0.2, 0.25) is 0 Å². The van der Waals surface area contributed by atoms with E-state index >= 15 is 0 Å². The van der Waals surface area contributed by atoms with Crippen LogP contribution in [0.2, 0.25) is 5.02 Å². The fraction of sp³-hybridized carbons (Fsp3) is 0.375. The summed E-state index contributed by atoms with van der Waals surface area (Å²) in [4.78, 5) is 13.7. The van der Waals surface area contributed by atoms with Gasteiger partial charge in [-0.1, -0.05) is 16.8 Å². The lowest BCUT2D eigenvalue weighted by Crippen LogP contribution is -2.39. The standard InChI is InChI=1S/C16H18ClN3O3.ClH/c17-12-5-3-11(4-6-12)14-13(16(21)22)15(19-23-14)20-7-1-2-10(8-18)9-20;/h3-6,10H,1-2,7-9,18H2,(H,21,22);1H. The number of hydrogen-bond acceptors (Lipinski definition) is 5. The van der Waals surface area contributed by atoms with Gasteiger partial charge in [-0.15, -0.1) is 12.4 Å². The van der Waals surface area contributed by atoms with Crippen LogP contribution in [0.1, 0.15) is 23.2 Å². The van der Waals surface area contributed by atoms with Crippen LogP contribution in [0.15, 0.2) is 28.8 Å². The molecule has 1 fully saturated rings. The molecule has 8 heteroatoms. The summed E-state index contributed by atoms with van der Waals surface area (Å²) in [6.07, 6.45) is 2.02. The molecule has 0 radical (unpaired) electrons. The zero-order chi connectivity index (χ0) is 16.4. The van der Waals surface area contributed by atoms with Gasteiger partial charge in [-0.2, -0.15) is 0 Å². The van der Waals surface area contributed by atoms with Gasteiger partial charge in [0.05, 0.1) is 0 Å². The highest BCUT2D eigenvalue weighted by molar-refractivity contribution is 6.30. The number of carboxylic acids is 1. The third kappa shape index (κ3) is 3.66. The molecule has 2 aromatic rings. The predicted molar refractivity (Wildman–Crippen MR) is 95.1 cm³/mol. The molecule has 6 nitrogen and oxygen atoms in total. The van der Waals surface area contributed by atoms with Gasteiger partial charge in [-0.05, 0) is 49.6 Å². The number of nitrogens with zero attached hydrogens (tertiary/aromatic N) is 2. The summed E-state index contributed by atoms with van der Waals surface area (Å²) in [5.74, 6) is -0.0817. The van der Waals surface area contributed by atoms with Gasteiger partial charge in [-0.3, -0.25) is 0 Å².